The molecule has 34 heavy (non-hydrogen) atoms. The van der Waals surface area contributed by atoms with Gasteiger partial charge in [0.2, 0.25) is 5.91 Å². The molecule has 5 nitrogen and oxygen atoms in total. The monoisotopic (exact) mass is 470 g/mol. The average Bonchev–Trinajstić information content (AvgIpc) is 2.80. The molecule has 0 fully saturated rings. The van der Waals surface area contributed by atoms with E-state index in [1.54, 1.807) is 30.3 Å². The minimum atomic E-state index is -1.22. The first-order valence-electron chi connectivity index (χ1n) is 10.3. The van der Waals surface area contributed by atoms with Crippen molar-refractivity contribution in [2.45, 2.75) is 25.3 Å². The number of hydrogen-bond acceptors (Lipinski definition) is 4. The van der Waals surface area contributed by atoms with E-state index in [1.807, 2.05) is 0 Å². The second-order valence-electron chi connectivity index (χ2n) is 7.76. The third-order valence-corrected chi connectivity index (χ3v) is 5.41. The van der Waals surface area contributed by atoms with E-state index in [1.165, 1.54) is 6.92 Å². The predicted molar refractivity (Wildman–Crippen MR) is 116 cm³/mol. The van der Waals surface area contributed by atoms with Crippen molar-refractivity contribution in [2.24, 2.45) is 0 Å². The Bertz CT molecular complexity index is 1420. The Morgan fingerprint density at radius 2 is 1.76 bits per heavy atom. The van der Waals surface area contributed by atoms with Crippen molar-refractivity contribution >= 4 is 16.9 Å². The van der Waals surface area contributed by atoms with Gasteiger partial charge in [-0.3, -0.25) is 9.78 Å². The van der Waals surface area contributed by atoms with Gasteiger partial charge >= 0.3 is 5.63 Å². The SMILES string of the molecule is C[C@H](NC(=O)[C@H](Cc1ccccc1)c1cc2c(F)c(F)ccc2oc1=O)c1ncc(F)cc1F. The zero-order valence-corrected chi connectivity index (χ0v) is 17.8. The number of benzene rings is 2. The van der Waals surface area contributed by atoms with Gasteiger partial charge in [0.15, 0.2) is 11.6 Å². The highest BCUT2D eigenvalue weighted by Gasteiger charge is 2.28. The lowest BCUT2D eigenvalue weighted by atomic mass is 9.91. The van der Waals surface area contributed by atoms with Crippen molar-refractivity contribution in [1.29, 1.82) is 0 Å². The molecule has 4 aromatic rings. The van der Waals surface area contributed by atoms with Gasteiger partial charge in [-0.2, -0.15) is 0 Å². The minimum Gasteiger partial charge on any atom is -0.422 e. The predicted octanol–water partition coefficient (Wildman–Crippen LogP) is 4.95. The summed E-state index contributed by atoms with van der Waals surface area (Å²) in [6.07, 6.45) is 0.837. The van der Waals surface area contributed by atoms with Gasteiger partial charge in [0.25, 0.3) is 0 Å². The Kier molecular flexibility index (Phi) is 6.45. The van der Waals surface area contributed by atoms with E-state index in [2.05, 4.69) is 10.3 Å². The summed E-state index contributed by atoms with van der Waals surface area (Å²) in [4.78, 5) is 29.7. The van der Waals surface area contributed by atoms with Crippen LogP contribution in [0, 0.1) is 23.3 Å². The molecule has 0 saturated heterocycles. The molecule has 4 rings (SSSR count). The number of rotatable bonds is 6. The first kappa shape index (κ1) is 23.2. The number of hydrogen-bond donors (Lipinski definition) is 1. The quantitative estimate of drug-likeness (QED) is 0.320. The Labute approximate surface area is 191 Å². The van der Waals surface area contributed by atoms with Gasteiger partial charge in [-0.05, 0) is 37.1 Å². The van der Waals surface area contributed by atoms with Crippen molar-refractivity contribution in [3.63, 3.8) is 0 Å². The smallest absolute Gasteiger partial charge is 0.340 e. The van der Waals surface area contributed by atoms with Gasteiger partial charge in [-0.25, -0.2) is 22.4 Å². The average molecular weight is 470 g/mol. The van der Waals surface area contributed by atoms with Crippen LogP contribution in [0.1, 0.15) is 35.7 Å². The van der Waals surface area contributed by atoms with Gasteiger partial charge in [-0.15, -0.1) is 0 Å². The second-order valence-corrected chi connectivity index (χ2v) is 7.76. The normalized spacial score (nSPS) is 13.0. The molecule has 9 heteroatoms. The standard InChI is InChI=1S/C25H18F4N2O3/c1-13(23-20(28)10-15(26)12-30-23)31-24(32)16(9-14-5-3-2-4-6-14)17-11-18-21(34-25(17)33)8-7-19(27)22(18)29/h2-8,10-13,16H,9H2,1H3,(H,31,32)/t13-,16+/m0/s1. The van der Waals surface area contributed by atoms with E-state index < -0.39 is 46.8 Å². The van der Waals surface area contributed by atoms with E-state index in [0.29, 0.717) is 11.6 Å². The summed E-state index contributed by atoms with van der Waals surface area (Å²) >= 11 is 0. The second kappa shape index (κ2) is 9.46. The lowest BCUT2D eigenvalue weighted by molar-refractivity contribution is -0.123. The van der Waals surface area contributed by atoms with E-state index in [9.17, 15) is 27.2 Å². The maximum atomic E-state index is 14.4. The highest BCUT2D eigenvalue weighted by atomic mass is 19.2. The summed E-state index contributed by atoms with van der Waals surface area (Å²) in [5.74, 6) is -6.06. The molecule has 0 radical (unpaired) electrons. The van der Waals surface area contributed by atoms with Crippen molar-refractivity contribution in [2.75, 3.05) is 0 Å². The van der Waals surface area contributed by atoms with Crippen LogP contribution in [0.4, 0.5) is 17.6 Å². The van der Waals surface area contributed by atoms with Gasteiger partial charge < -0.3 is 9.73 Å². The van der Waals surface area contributed by atoms with Crippen LogP contribution in [0.3, 0.4) is 0 Å². The molecule has 174 valence electrons. The number of halogens is 4. The molecule has 0 aliphatic heterocycles. The topological polar surface area (TPSA) is 72.2 Å². The van der Waals surface area contributed by atoms with Crippen molar-refractivity contribution in [3.8, 4) is 0 Å². The molecule has 0 bridgehead atoms. The molecule has 1 N–H and O–H groups in total. The van der Waals surface area contributed by atoms with Gasteiger partial charge in [0.1, 0.15) is 17.2 Å². The summed E-state index contributed by atoms with van der Waals surface area (Å²) in [5, 5.41) is 2.27. The van der Waals surface area contributed by atoms with E-state index in [4.69, 9.17) is 4.42 Å². The minimum absolute atomic E-state index is 0.0198. The van der Waals surface area contributed by atoms with Crippen molar-refractivity contribution < 1.29 is 26.8 Å². The third kappa shape index (κ3) is 4.68. The lowest BCUT2D eigenvalue weighted by Crippen LogP contribution is -2.35. The zero-order chi connectivity index (χ0) is 24.4. The van der Waals surface area contributed by atoms with Crippen LogP contribution in [0.25, 0.3) is 11.0 Å². The summed E-state index contributed by atoms with van der Waals surface area (Å²) in [6.45, 7) is 1.44. The third-order valence-electron chi connectivity index (χ3n) is 5.41. The molecule has 0 saturated carbocycles. The van der Waals surface area contributed by atoms with E-state index >= 15 is 0 Å². The maximum Gasteiger partial charge on any atom is 0.340 e. The molecular formula is C25H18F4N2O3. The fourth-order valence-electron chi connectivity index (χ4n) is 3.71. The number of carbonyl (C=O) groups excluding carboxylic acids is 1. The first-order valence-corrected chi connectivity index (χ1v) is 10.3. The number of nitrogens with one attached hydrogen (secondary N) is 1. The molecule has 0 unspecified atom stereocenters. The lowest BCUT2D eigenvalue weighted by Gasteiger charge is -2.20. The molecule has 2 atom stereocenters. The number of fused-ring (bicyclic) bond motifs is 1. The van der Waals surface area contributed by atoms with Crippen LogP contribution in [-0.4, -0.2) is 10.9 Å². The van der Waals surface area contributed by atoms with Crippen LogP contribution >= 0.6 is 0 Å². The first-order chi connectivity index (χ1) is 16.2. The van der Waals surface area contributed by atoms with Crippen LogP contribution in [0.5, 0.6) is 0 Å². The Hall–Kier alpha value is -4.01. The molecule has 0 aliphatic rings. The van der Waals surface area contributed by atoms with Gasteiger partial charge in [-0.1, -0.05) is 30.3 Å². The number of pyridine rings is 1. The largest absolute Gasteiger partial charge is 0.422 e. The highest BCUT2D eigenvalue weighted by molar-refractivity contribution is 5.86. The number of nitrogens with zero attached hydrogens (tertiary/aromatic N) is 1. The molecular weight excluding hydrogens is 452 g/mol. The number of amides is 1. The zero-order valence-electron chi connectivity index (χ0n) is 17.8. The molecule has 1 amide bonds. The molecule has 0 spiro atoms. The van der Waals surface area contributed by atoms with Gasteiger partial charge in [0.05, 0.1) is 34.8 Å². The van der Waals surface area contributed by atoms with Crippen LogP contribution in [0.15, 0.2) is 70.0 Å². The van der Waals surface area contributed by atoms with Crippen LogP contribution in [-0.2, 0) is 11.2 Å². The Balaban J connectivity index is 1.75. The van der Waals surface area contributed by atoms with Crippen molar-refractivity contribution in [1.82, 2.24) is 10.3 Å². The summed E-state index contributed by atoms with van der Waals surface area (Å²) in [5.41, 5.74) is -0.781. The number of aromatic nitrogens is 1. The van der Waals surface area contributed by atoms with E-state index in [-0.39, 0.29) is 28.6 Å². The van der Waals surface area contributed by atoms with E-state index in [0.717, 1.165) is 24.4 Å². The molecule has 0 aliphatic carbocycles. The summed E-state index contributed by atoms with van der Waals surface area (Å²) < 4.78 is 60.7. The van der Waals surface area contributed by atoms with Gasteiger partial charge in [0, 0.05) is 6.07 Å². The van der Waals surface area contributed by atoms with Crippen molar-refractivity contribution in [3.05, 3.63) is 111 Å². The fourth-order valence-corrected chi connectivity index (χ4v) is 3.71. The van der Waals surface area contributed by atoms with Crippen LogP contribution < -0.4 is 10.9 Å². The summed E-state index contributed by atoms with van der Waals surface area (Å²) in [6, 6.07) is 11.4. The molecule has 2 aromatic carbocycles. The highest BCUT2D eigenvalue weighted by Crippen LogP contribution is 2.26. The number of carbonyl (C=O) groups is 1. The van der Waals surface area contributed by atoms with Crippen LogP contribution in [0.2, 0.25) is 0 Å². The Morgan fingerprint density at radius 3 is 2.47 bits per heavy atom. The fraction of sp³-hybridized carbons (Fsp3) is 0.160. The summed E-state index contributed by atoms with van der Waals surface area (Å²) in [7, 11) is 0. The maximum absolute atomic E-state index is 14.4. The Morgan fingerprint density at radius 1 is 1.03 bits per heavy atom. The molecule has 2 aromatic heterocycles. The molecule has 2 heterocycles.